The van der Waals surface area contributed by atoms with Crippen molar-refractivity contribution in [3.05, 3.63) is 34.8 Å². The molecule has 7 nitrogen and oxygen atoms in total. The number of Topliss-reactive ketones (excluding diaryl/α,β-unsaturated/α-hetero) is 1. The predicted octanol–water partition coefficient (Wildman–Crippen LogP) is 2.55. The smallest absolute Gasteiger partial charge is 0.311 e. The lowest BCUT2D eigenvalue weighted by molar-refractivity contribution is -0.142. The Hall–Kier alpha value is -2.39. The number of nitrogens with zero attached hydrogens (tertiary/aromatic N) is 1. The first kappa shape index (κ1) is 18.4. The average Bonchev–Trinajstić information content (AvgIpc) is 3.06. The second-order valence-corrected chi connectivity index (χ2v) is 7.43. The lowest BCUT2D eigenvalue weighted by atomic mass is 10.1. The summed E-state index contributed by atoms with van der Waals surface area (Å²) in [6, 6.07) is 4.96. The fourth-order valence-electron chi connectivity index (χ4n) is 2.26. The van der Waals surface area contributed by atoms with Crippen molar-refractivity contribution in [2.45, 2.75) is 17.7 Å². The normalized spacial score (nSPS) is 12.7. The first-order valence-corrected chi connectivity index (χ1v) is 9.74. The van der Waals surface area contributed by atoms with Crippen LogP contribution < -0.4 is 10.1 Å². The summed E-state index contributed by atoms with van der Waals surface area (Å²) in [5, 5.41) is 4.47. The number of carbonyl (C=O) groups excluding carboxylic acids is 3. The van der Waals surface area contributed by atoms with Gasteiger partial charge < -0.3 is 14.8 Å². The Morgan fingerprint density at radius 2 is 2.27 bits per heavy atom. The molecule has 0 fully saturated rings. The average molecular weight is 392 g/mol. The van der Waals surface area contributed by atoms with Crippen LogP contribution >= 0.6 is 23.1 Å². The van der Waals surface area contributed by atoms with Gasteiger partial charge in [-0.3, -0.25) is 14.4 Å². The van der Waals surface area contributed by atoms with Crippen LogP contribution in [0, 0.1) is 0 Å². The molecule has 2 aromatic rings. The highest BCUT2D eigenvalue weighted by molar-refractivity contribution is 8.01. The molecule has 1 aliphatic rings. The molecular weight excluding hydrogens is 376 g/mol. The lowest BCUT2D eigenvalue weighted by Crippen LogP contribution is -2.25. The van der Waals surface area contributed by atoms with Gasteiger partial charge in [-0.1, -0.05) is 11.8 Å². The summed E-state index contributed by atoms with van der Waals surface area (Å²) in [4.78, 5) is 39.5. The van der Waals surface area contributed by atoms with Gasteiger partial charge in [0, 0.05) is 10.9 Å². The van der Waals surface area contributed by atoms with Crippen molar-refractivity contribution < 1.29 is 23.9 Å². The number of hydrogen-bond acceptors (Lipinski definition) is 8. The van der Waals surface area contributed by atoms with E-state index in [9.17, 15) is 14.4 Å². The number of nitrogens with one attached hydrogen (secondary N) is 1. The molecule has 0 aliphatic carbocycles. The molecule has 1 aromatic carbocycles. The molecule has 26 heavy (non-hydrogen) atoms. The summed E-state index contributed by atoms with van der Waals surface area (Å²) < 4.78 is 10.9. The van der Waals surface area contributed by atoms with Crippen LogP contribution in [-0.2, 0) is 20.7 Å². The highest BCUT2D eigenvalue weighted by atomic mass is 32.2. The van der Waals surface area contributed by atoms with Crippen LogP contribution in [-0.4, -0.2) is 41.6 Å². The van der Waals surface area contributed by atoms with E-state index in [1.807, 2.05) is 0 Å². The zero-order valence-electron chi connectivity index (χ0n) is 13.9. The number of esters is 1. The molecule has 3 rings (SSSR count). The number of thioether (sulfide) groups is 1. The molecule has 0 atom stereocenters. The first-order chi connectivity index (χ1) is 12.5. The highest BCUT2D eigenvalue weighted by Crippen LogP contribution is 2.30. The van der Waals surface area contributed by atoms with Gasteiger partial charge in [-0.05, 0) is 25.1 Å². The van der Waals surface area contributed by atoms with E-state index in [2.05, 4.69) is 10.3 Å². The Balaban J connectivity index is 1.57. The minimum atomic E-state index is -0.316. The Labute approximate surface area is 158 Å². The SMILES string of the molecule is CCOC(=O)Cc1csc(SCC(=O)c2ccc3c(c2)NC(=O)CO3)n1. The zero-order chi connectivity index (χ0) is 18.5. The number of hydrogen-bond donors (Lipinski definition) is 1. The Morgan fingerprint density at radius 1 is 1.42 bits per heavy atom. The molecule has 2 heterocycles. The quantitative estimate of drug-likeness (QED) is 0.440. The van der Waals surface area contributed by atoms with Crippen molar-refractivity contribution in [3.63, 3.8) is 0 Å². The van der Waals surface area contributed by atoms with Crippen molar-refractivity contribution in [2.75, 3.05) is 24.3 Å². The second-order valence-electron chi connectivity index (χ2n) is 5.35. The van der Waals surface area contributed by atoms with Gasteiger partial charge in [0.25, 0.3) is 5.91 Å². The number of benzene rings is 1. The molecule has 9 heteroatoms. The highest BCUT2D eigenvalue weighted by Gasteiger charge is 2.18. The maximum Gasteiger partial charge on any atom is 0.311 e. The van der Waals surface area contributed by atoms with Crippen LogP contribution in [0.25, 0.3) is 0 Å². The van der Waals surface area contributed by atoms with Crippen molar-refractivity contribution >= 4 is 46.4 Å². The van der Waals surface area contributed by atoms with Crippen molar-refractivity contribution in [1.82, 2.24) is 4.98 Å². The van der Waals surface area contributed by atoms with E-state index in [-0.39, 0.29) is 36.4 Å². The molecule has 0 bridgehead atoms. The molecule has 1 aliphatic heterocycles. The molecule has 1 aromatic heterocycles. The molecule has 0 unspecified atom stereocenters. The third-order valence-electron chi connectivity index (χ3n) is 3.42. The topological polar surface area (TPSA) is 94.6 Å². The van der Waals surface area contributed by atoms with Crippen molar-refractivity contribution in [3.8, 4) is 5.75 Å². The standard InChI is InChI=1S/C17H16N2O5S2/c1-2-23-16(22)6-11-8-25-17(18-11)26-9-13(20)10-3-4-14-12(5-10)19-15(21)7-24-14/h3-5,8H,2,6-7,9H2,1H3,(H,19,21). The Morgan fingerprint density at radius 3 is 3.08 bits per heavy atom. The maximum atomic E-state index is 12.4. The lowest BCUT2D eigenvalue weighted by Gasteiger charge is -2.18. The summed E-state index contributed by atoms with van der Waals surface area (Å²) in [5.74, 6) is 0.120. The van der Waals surface area contributed by atoms with Gasteiger partial charge in [-0.15, -0.1) is 11.3 Å². The van der Waals surface area contributed by atoms with Crippen LogP contribution in [0.1, 0.15) is 23.0 Å². The van der Waals surface area contributed by atoms with E-state index < -0.39 is 0 Å². The van der Waals surface area contributed by atoms with Gasteiger partial charge in [-0.25, -0.2) is 4.98 Å². The van der Waals surface area contributed by atoms with Gasteiger partial charge in [0.1, 0.15) is 5.75 Å². The van der Waals surface area contributed by atoms with Gasteiger partial charge in [-0.2, -0.15) is 0 Å². The molecule has 1 amide bonds. The third-order valence-corrected chi connectivity index (χ3v) is 5.49. The number of anilines is 1. The number of fused-ring (bicyclic) bond motifs is 1. The number of aromatic nitrogens is 1. The first-order valence-electron chi connectivity index (χ1n) is 7.88. The van der Waals surface area contributed by atoms with Crippen LogP contribution in [0.4, 0.5) is 5.69 Å². The van der Waals surface area contributed by atoms with E-state index in [1.54, 1.807) is 30.5 Å². The Kier molecular flexibility index (Phi) is 5.89. The van der Waals surface area contributed by atoms with E-state index in [0.717, 1.165) is 0 Å². The number of ether oxygens (including phenoxy) is 2. The van der Waals surface area contributed by atoms with Crippen LogP contribution in [0.2, 0.25) is 0 Å². The minimum Gasteiger partial charge on any atom is -0.482 e. The van der Waals surface area contributed by atoms with Crippen LogP contribution in [0.15, 0.2) is 27.9 Å². The predicted molar refractivity (Wildman–Crippen MR) is 98.1 cm³/mol. The number of rotatable bonds is 7. The van der Waals surface area contributed by atoms with Crippen LogP contribution in [0.3, 0.4) is 0 Å². The fraction of sp³-hybridized carbons (Fsp3) is 0.294. The summed E-state index contributed by atoms with van der Waals surface area (Å²) in [5.41, 5.74) is 1.63. The number of ketones is 1. The summed E-state index contributed by atoms with van der Waals surface area (Å²) >= 11 is 2.69. The van der Waals surface area contributed by atoms with Gasteiger partial charge >= 0.3 is 5.97 Å². The number of thiazole rings is 1. The molecule has 136 valence electrons. The number of amides is 1. The van der Waals surface area contributed by atoms with E-state index in [0.29, 0.717) is 33.6 Å². The summed E-state index contributed by atoms with van der Waals surface area (Å²) in [6.45, 7) is 2.07. The molecule has 0 saturated carbocycles. The summed E-state index contributed by atoms with van der Waals surface area (Å²) in [7, 11) is 0. The zero-order valence-corrected chi connectivity index (χ0v) is 15.6. The maximum absolute atomic E-state index is 12.4. The Bertz CT molecular complexity index is 849. The molecule has 0 spiro atoms. The van der Waals surface area contributed by atoms with E-state index in [1.165, 1.54) is 23.1 Å². The van der Waals surface area contributed by atoms with Crippen molar-refractivity contribution in [2.24, 2.45) is 0 Å². The van der Waals surface area contributed by atoms with Gasteiger partial charge in [0.2, 0.25) is 0 Å². The monoisotopic (exact) mass is 392 g/mol. The molecule has 1 N–H and O–H groups in total. The second kappa shape index (κ2) is 8.33. The fourth-order valence-corrected chi connectivity index (χ4v) is 4.00. The molecule has 0 radical (unpaired) electrons. The largest absolute Gasteiger partial charge is 0.482 e. The van der Waals surface area contributed by atoms with Crippen LogP contribution in [0.5, 0.6) is 5.75 Å². The van der Waals surface area contributed by atoms with Gasteiger partial charge in [0.15, 0.2) is 16.7 Å². The van der Waals surface area contributed by atoms with Gasteiger partial charge in [0.05, 0.1) is 30.2 Å². The third kappa shape index (κ3) is 4.61. The molecular formula is C17H16N2O5S2. The minimum absolute atomic E-state index is 0.0195. The van der Waals surface area contributed by atoms with E-state index >= 15 is 0 Å². The molecule has 0 saturated heterocycles. The number of carbonyl (C=O) groups is 3. The summed E-state index contributed by atoms with van der Waals surface area (Å²) in [6.07, 6.45) is 0.128. The van der Waals surface area contributed by atoms with E-state index in [4.69, 9.17) is 9.47 Å². The van der Waals surface area contributed by atoms with Crippen molar-refractivity contribution in [1.29, 1.82) is 0 Å².